The van der Waals surface area contributed by atoms with Crippen LogP contribution in [0.4, 0.5) is 5.82 Å². The molecule has 1 amide bonds. The highest BCUT2D eigenvalue weighted by Crippen LogP contribution is 2.04. The molecule has 1 atom stereocenters. The number of hydrogen-bond donors (Lipinski definition) is 2. The molecule has 0 aromatic carbocycles. The molecule has 0 radical (unpaired) electrons. The molecule has 94 valence electrons. The minimum absolute atomic E-state index is 0.239. The molecule has 6 heteroatoms. The molecule has 0 saturated heterocycles. The molecular weight excluding hydrogens is 220 g/mol. The fraction of sp³-hybridized carbons (Fsp3) is 0.545. The monoisotopic (exact) mass is 238 g/mol. The van der Waals surface area contributed by atoms with Gasteiger partial charge in [0.05, 0.1) is 6.61 Å². The lowest BCUT2D eigenvalue weighted by molar-refractivity contribution is 0.0957. The summed E-state index contributed by atoms with van der Waals surface area (Å²) in [4.78, 5) is 11.2. The third kappa shape index (κ3) is 4.36. The van der Waals surface area contributed by atoms with Gasteiger partial charge in [-0.2, -0.15) is 0 Å². The van der Waals surface area contributed by atoms with Gasteiger partial charge in [-0.25, -0.2) is 0 Å². The van der Waals surface area contributed by atoms with E-state index in [0.29, 0.717) is 24.0 Å². The number of nitrogens with one attached hydrogen (secondary N) is 2. The van der Waals surface area contributed by atoms with Crippen molar-refractivity contribution >= 4 is 11.7 Å². The van der Waals surface area contributed by atoms with Crippen molar-refractivity contribution in [1.82, 2.24) is 15.5 Å². The molecule has 1 rings (SSSR count). The van der Waals surface area contributed by atoms with Gasteiger partial charge in [-0.15, -0.1) is 10.2 Å². The van der Waals surface area contributed by atoms with Crippen LogP contribution in [0.25, 0.3) is 0 Å². The van der Waals surface area contributed by atoms with Gasteiger partial charge in [0.15, 0.2) is 5.69 Å². The van der Waals surface area contributed by atoms with Gasteiger partial charge in [-0.3, -0.25) is 4.79 Å². The van der Waals surface area contributed by atoms with Gasteiger partial charge in [0.2, 0.25) is 0 Å². The SMILES string of the molecule is CNC(=O)c1ccc(NCC(C)COC)nn1. The van der Waals surface area contributed by atoms with Crippen LogP contribution >= 0.6 is 0 Å². The van der Waals surface area contributed by atoms with Gasteiger partial charge in [0.1, 0.15) is 5.82 Å². The molecule has 0 bridgehead atoms. The van der Waals surface area contributed by atoms with Crippen LogP contribution in [-0.2, 0) is 4.74 Å². The highest BCUT2D eigenvalue weighted by molar-refractivity contribution is 5.91. The maximum Gasteiger partial charge on any atom is 0.271 e. The topological polar surface area (TPSA) is 76.1 Å². The van der Waals surface area contributed by atoms with Gasteiger partial charge in [-0.05, 0) is 18.1 Å². The number of amides is 1. The van der Waals surface area contributed by atoms with Crippen LogP contribution in [0.15, 0.2) is 12.1 Å². The first kappa shape index (κ1) is 13.4. The van der Waals surface area contributed by atoms with Crippen molar-refractivity contribution in [2.24, 2.45) is 5.92 Å². The van der Waals surface area contributed by atoms with Crippen LogP contribution in [0.2, 0.25) is 0 Å². The van der Waals surface area contributed by atoms with Crippen LogP contribution in [0.1, 0.15) is 17.4 Å². The number of anilines is 1. The van der Waals surface area contributed by atoms with Crippen molar-refractivity contribution < 1.29 is 9.53 Å². The molecular formula is C11H18N4O2. The van der Waals surface area contributed by atoms with Crippen molar-refractivity contribution in [3.8, 4) is 0 Å². The quantitative estimate of drug-likeness (QED) is 0.756. The zero-order chi connectivity index (χ0) is 12.7. The van der Waals surface area contributed by atoms with E-state index in [-0.39, 0.29) is 5.91 Å². The lowest BCUT2D eigenvalue weighted by Gasteiger charge is -2.11. The molecule has 1 unspecified atom stereocenters. The van der Waals surface area contributed by atoms with E-state index in [2.05, 4.69) is 27.8 Å². The van der Waals surface area contributed by atoms with Crippen LogP contribution in [0.5, 0.6) is 0 Å². The Labute approximate surface area is 101 Å². The summed E-state index contributed by atoms with van der Waals surface area (Å²) in [7, 11) is 3.23. The Morgan fingerprint density at radius 1 is 1.47 bits per heavy atom. The van der Waals surface area contributed by atoms with E-state index in [9.17, 15) is 4.79 Å². The second-order valence-electron chi connectivity index (χ2n) is 3.82. The van der Waals surface area contributed by atoms with Crippen molar-refractivity contribution in [1.29, 1.82) is 0 Å². The molecule has 1 aromatic rings. The minimum atomic E-state index is -0.239. The van der Waals surface area contributed by atoms with Crippen LogP contribution < -0.4 is 10.6 Å². The minimum Gasteiger partial charge on any atom is -0.384 e. The number of ether oxygens (including phenoxy) is 1. The van der Waals surface area contributed by atoms with Gasteiger partial charge in [-0.1, -0.05) is 6.92 Å². The van der Waals surface area contributed by atoms with E-state index >= 15 is 0 Å². The number of aromatic nitrogens is 2. The van der Waals surface area contributed by atoms with Gasteiger partial charge < -0.3 is 15.4 Å². The highest BCUT2D eigenvalue weighted by atomic mass is 16.5. The maximum absolute atomic E-state index is 11.2. The average molecular weight is 238 g/mol. The summed E-state index contributed by atoms with van der Waals surface area (Å²) in [6, 6.07) is 3.37. The smallest absolute Gasteiger partial charge is 0.271 e. The highest BCUT2D eigenvalue weighted by Gasteiger charge is 2.06. The third-order valence-corrected chi connectivity index (χ3v) is 2.21. The molecule has 17 heavy (non-hydrogen) atoms. The predicted octanol–water partition coefficient (Wildman–Crippen LogP) is 0.531. The number of hydrogen-bond acceptors (Lipinski definition) is 5. The number of methoxy groups -OCH3 is 1. The Morgan fingerprint density at radius 3 is 2.76 bits per heavy atom. The van der Waals surface area contributed by atoms with E-state index in [4.69, 9.17) is 4.74 Å². The summed E-state index contributed by atoms with van der Waals surface area (Å²) in [6.45, 7) is 3.52. The molecule has 0 saturated carbocycles. The van der Waals surface area contributed by atoms with Crippen LogP contribution in [0.3, 0.4) is 0 Å². The second-order valence-corrected chi connectivity index (χ2v) is 3.82. The molecule has 0 aliphatic carbocycles. The zero-order valence-electron chi connectivity index (χ0n) is 10.4. The Bertz CT molecular complexity index is 353. The molecule has 1 heterocycles. The first-order valence-corrected chi connectivity index (χ1v) is 5.46. The van der Waals surface area contributed by atoms with Crippen LogP contribution in [-0.4, -0.2) is 43.4 Å². The Balaban J connectivity index is 2.48. The molecule has 0 aliphatic rings. The summed E-state index contributed by atoms with van der Waals surface area (Å²) in [5.74, 6) is 0.804. The summed E-state index contributed by atoms with van der Waals surface area (Å²) in [5.41, 5.74) is 0.308. The maximum atomic E-state index is 11.2. The second kappa shape index (κ2) is 6.80. The lowest BCUT2D eigenvalue weighted by Crippen LogP contribution is -2.20. The summed E-state index contributed by atoms with van der Waals surface area (Å²) < 4.78 is 5.03. The number of rotatable bonds is 6. The van der Waals surface area contributed by atoms with Crippen molar-refractivity contribution in [2.75, 3.05) is 32.6 Å². The van der Waals surface area contributed by atoms with E-state index < -0.39 is 0 Å². The van der Waals surface area contributed by atoms with Crippen molar-refractivity contribution in [2.45, 2.75) is 6.92 Å². The van der Waals surface area contributed by atoms with Crippen LogP contribution in [0, 0.1) is 5.92 Å². The summed E-state index contributed by atoms with van der Waals surface area (Å²) in [5, 5.41) is 13.4. The fourth-order valence-electron chi connectivity index (χ4n) is 1.30. The molecule has 2 N–H and O–H groups in total. The largest absolute Gasteiger partial charge is 0.384 e. The van der Waals surface area contributed by atoms with Gasteiger partial charge in [0.25, 0.3) is 5.91 Å². The zero-order valence-corrected chi connectivity index (χ0v) is 10.4. The molecule has 0 fully saturated rings. The van der Waals surface area contributed by atoms with E-state index in [0.717, 1.165) is 6.54 Å². The molecule has 0 spiro atoms. The Morgan fingerprint density at radius 2 is 2.24 bits per heavy atom. The lowest BCUT2D eigenvalue weighted by atomic mass is 10.2. The Kier molecular flexibility index (Phi) is 5.35. The normalized spacial score (nSPS) is 11.9. The molecule has 0 aliphatic heterocycles. The van der Waals surface area contributed by atoms with Gasteiger partial charge >= 0.3 is 0 Å². The first-order valence-electron chi connectivity index (χ1n) is 5.46. The Hall–Kier alpha value is -1.69. The van der Waals surface area contributed by atoms with Gasteiger partial charge in [0, 0.05) is 20.7 Å². The fourth-order valence-corrected chi connectivity index (χ4v) is 1.30. The van der Waals surface area contributed by atoms with E-state index in [1.807, 2.05) is 0 Å². The van der Waals surface area contributed by atoms with Crippen molar-refractivity contribution in [3.05, 3.63) is 17.8 Å². The standard InChI is InChI=1S/C11H18N4O2/c1-8(7-17-3)6-13-10-5-4-9(14-15-10)11(16)12-2/h4-5,8H,6-7H2,1-3H3,(H,12,16)(H,13,15). The average Bonchev–Trinajstić information content (AvgIpc) is 2.36. The number of carbonyl (C=O) groups excluding carboxylic acids is 1. The first-order chi connectivity index (χ1) is 8.17. The molecule has 6 nitrogen and oxygen atoms in total. The van der Waals surface area contributed by atoms with E-state index in [1.165, 1.54) is 0 Å². The third-order valence-electron chi connectivity index (χ3n) is 2.21. The van der Waals surface area contributed by atoms with Crippen molar-refractivity contribution in [3.63, 3.8) is 0 Å². The predicted molar refractivity (Wildman–Crippen MR) is 65.0 cm³/mol. The molecule has 1 aromatic heterocycles. The number of carbonyl (C=O) groups is 1. The summed E-state index contributed by atoms with van der Waals surface area (Å²) >= 11 is 0. The van der Waals surface area contributed by atoms with E-state index in [1.54, 1.807) is 26.3 Å². The summed E-state index contributed by atoms with van der Waals surface area (Å²) in [6.07, 6.45) is 0. The number of nitrogens with zero attached hydrogens (tertiary/aromatic N) is 2.